The van der Waals surface area contributed by atoms with Gasteiger partial charge in [0.15, 0.2) is 0 Å². The van der Waals surface area contributed by atoms with Crippen molar-refractivity contribution in [2.24, 2.45) is 5.73 Å². The van der Waals surface area contributed by atoms with E-state index < -0.39 is 23.4 Å². The molecule has 0 spiro atoms. The summed E-state index contributed by atoms with van der Waals surface area (Å²) in [4.78, 5) is 12.6. The number of carboxylic acids is 1. The minimum Gasteiger partial charge on any atom is -0.479 e. The van der Waals surface area contributed by atoms with Crippen molar-refractivity contribution in [2.75, 3.05) is 0 Å². The highest BCUT2D eigenvalue weighted by atomic mass is 19.4. The average molecular weight is 208 g/mol. The molecule has 0 amide bonds. The van der Waals surface area contributed by atoms with E-state index in [-0.39, 0.29) is 0 Å². The van der Waals surface area contributed by atoms with Gasteiger partial charge in [-0.25, -0.2) is 4.79 Å². The predicted molar refractivity (Wildman–Crippen MR) is 40.3 cm³/mol. The van der Waals surface area contributed by atoms with Crippen LogP contribution in [0.15, 0.2) is 18.3 Å². The van der Waals surface area contributed by atoms with E-state index in [2.05, 4.69) is 4.98 Å². The molecule has 4 N–H and O–H groups in total. The van der Waals surface area contributed by atoms with E-state index in [0.29, 0.717) is 0 Å². The molecule has 7 heteroatoms. The van der Waals surface area contributed by atoms with Crippen LogP contribution in [-0.4, -0.2) is 22.2 Å². The first-order valence-electron chi connectivity index (χ1n) is 3.53. The molecule has 0 aliphatic carbocycles. The lowest BCUT2D eigenvalue weighted by Gasteiger charge is -2.26. The van der Waals surface area contributed by atoms with Gasteiger partial charge in [-0.3, -0.25) is 0 Å². The molecule has 0 bridgehead atoms. The quantitative estimate of drug-likeness (QED) is 0.673. The van der Waals surface area contributed by atoms with Gasteiger partial charge in [-0.1, -0.05) is 0 Å². The second-order valence-electron chi connectivity index (χ2n) is 2.69. The first-order chi connectivity index (χ1) is 6.30. The summed E-state index contributed by atoms with van der Waals surface area (Å²) in [6.45, 7) is 0. The van der Waals surface area contributed by atoms with E-state index in [4.69, 9.17) is 10.8 Å². The van der Waals surface area contributed by atoms with Crippen LogP contribution in [0.25, 0.3) is 0 Å². The van der Waals surface area contributed by atoms with Crippen molar-refractivity contribution >= 4 is 5.97 Å². The molecule has 0 unspecified atom stereocenters. The number of hydrogen-bond acceptors (Lipinski definition) is 2. The van der Waals surface area contributed by atoms with E-state index in [0.717, 1.165) is 6.07 Å². The van der Waals surface area contributed by atoms with Crippen LogP contribution in [0.4, 0.5) is 13.2 Å². The summed E-state index contributed by atoms with van der Waals surface area (Å²) in [5.74, 6) is -2.15. The van der Waals surface area contributed by atoms with Gasteiger partial charge in [0, 0.05) is 6.20 Å². The summed E-state index contributed by atoms with van der Waals surface area (Å²) in [5.41, 5.74) is 0.850. The Morgan fingerprint density at radius 3 is 2.36 bits per heavy atom. The maximum absolute atomic E-state index is 12.4. The first kappa shape index (κ1) is 10.6. The van der Waals surface area contributed by atoms with Crippen molar-refractivity contribution in [3.05, 3.63) is 24.0 Å². The second kappa shape index (κ2) is 3.02. The van der Waals surface area contributed by atoms with E-state index in [1.165, 1.54) is 12.3 Å². The summed E-state index contributed by atoms with van der Waals surface area (Å²) in [6.07, 6.45) is -3.88. The maximum Gasteiger partial charge on any atom is 0.422 e. The van der Waals surface area contributed by atoms with E-state index in [1.54, 1.807) is 0 Å². The monoisotopic (exact) mass is 208 g/mol. The normalized spacial score (nSPS) is 16.3. The molecule has 4 nitrogen and oxygen atoms in total. The molecule has 14 heavy (non-hydrogen) atoms. The Morgan fingerprint density at radius 2 is 2.07 bits per heavy atom. The van der Waals surface area contributed by atoms with Crippen LogP contribution >= 0.6 is 0 Å². The molecular formula is C7H7F3N2O2. The van der Waals surface area contributed by atoms with Crippen LogP contribution in [0.5, 0.6) is 0 Å². The average Bonchev–Trinajstić information content (AvgIpc) is 2.52. The number of aromatic amines is 1. The van der Waals surface area contributed by atoms with Gasteiger partial charge in [-0.05, 0) is 12.1 Å². The number of carbonyl (C=O) groups is 1. The molecule has 78 valence electrons. The summed E-state index contributed by atoms with van der Waals surface area (Å²) < 4.78 is 37.2. The molecule has 1 rings (SSSR count). The zero-order valence-electron chi connectivity index (χ0n) is 6.80. The van der Waals surface area contributed by atoms with Gasteiger partial charge in [0.2, 0.25) is 0 Å². The van der Waals surface area contributed by atoms with Crippen LogP contribution in [0.2, 0.25) is 0 Å². The van der Waals surface area contributed by atoms with E-state index >= 15 is 0 Å². The Hall–Kier alpha value is -1.50. The topological polar surface area (TPSA) is 79.1 Å². The molecule has 0 aromatic carbocycles. The van der Waals surface area contributed by atoms with Crippen molar-refractivity contribution in [3.8, 4) is 0 Å². The number of nitrogens with two attached hydrogens (primary N) is 1. The van der Waals surface area contributed by atoms with Gasteiger partial charge in [-0.15, -0.1) is 0 Å². The van der Waals surface area contributed by atoms with Crippen molar-refractivity contribution in [3.63, 3.8) is 0 Å². The SMILES string of the molecule is N[C@@](C(=O)O)(c1ccc[nH]1)C(F)(F)F. The number of rotatable bonds is 2. The van der Waals surface area contributed by atoms with E-state index in [9.17, 15) is 18.0 Å². The summed E-state index contributed by atoms with van der Waals surface area (Å²) >= 11 is 0. The van der Waals surface area contributed by atoms with Gasteiger partial charge in [0.05, 0.1) is 5.69 Å². The molecule has 0 aliphatic rings. The fourth-order valence-corrected chi connectivity index (χ4v) is 0.965. The Kier molecular flexibility index (Phi) is 2.28. The van der Waals surface area contributed by atoms with Crippen molar-refractivity contribution in [1.82, 2.24) is 4.98 Å². The lowest BCUT2D eigenvalue weighted by atomic mass is 9.96. The Labute approximate surface area is 76.5 Å². The number of carboxylic acid groups (broad SMARTS) is 1. The number of aliphatic carboxylic acids is 1. The van der Waals surface area contributed by atoms with Crippen molar-refractivity contribution in [2.45, 2.75) is 11.7 Å². The molecule has 0 saturated carbocycles. The van der Waals surface area contributed by atoms with Crippen LogP contribution < -0.4 is 5.73 Å². The highest BCUT2D eigenvalue weighted by Gasteiger charge is 2.60. The standard InChI is InChI=1S/C7H7F3N2O2/c8-7(9,10)6(11,5(13)14)4-2-1-3-12-4/h1-3,12H,11H2,(H,13,14)/t6-/m1/s1. The number of alkyl halides is 3. The Balaban J connectivity index is 3.27. The Morgan fingerprint density at radius 1 is 1.50 bits per heavy atom. The third-order valence-corrected chi connectivity index (χ3v) is 1.81. The molecule has 1 aromatic heterocycles. The summed E-state index contributed by atoms with van der Waals surface area (Å²) in [6, 6.07) is 2.22. The maximum atomic E-state index is 12.4. The highest BCUT2D eigenvalue weighted by Crippen LogP contribution is 2.36. The first-order valence-corrected chi connectivity index (χ1v) is 3.53. The van der Waals surface area contributed by atoms with Crippen LogP contribution in [-0.2, 0) is 10.3 Å². The Bertz CT molecular complexity index is 333. The second-order valence-corrected chi connectivity index (χ2v) is 2.69. The predicted octanol–water partition coefficient (Wildman–Crippen LogP) is 0.816. The summed E-state index contributed by atoms with van der Waals surface area (Å²) in [7, 11) is 0. The number of H-pyrrole nitrogens is 1. The lowest BCUT2D eigenvalue weighted by molar-refractivity contribution is -0.205. The molecule has 1 heterocycles. The van der Waals surface area contributed by atoms with Gasteiger partial charge in [0.25, 0.3) is 5.54 Å². The zero-order chi connectivity index (χ0) is 11.0. The van der Waals surface area contributed by atoms with Gasteiger partial charge >= 0.3 is 12.1 Å². The molecular weight excluding hydrogens is 201 g/mol. The van der Waals surface area contributed by atoms with Gasteiger partial charge in [0.1, 0.15) is 0 Å². The molecule has 1 atom stereocenters. The van der Waals surface area contributed by atoms with Crippen LogP contribution in [0.3, 0.4) is 0 Å². The largest absolute Gasteiger partial charge is 0.479 e. The number of hydrogen-bond donors (Lipinski definition) is 3. The zero-order valence-corrected chi connectivity index (χ0v) is 6.80. The minimum absolute atomic E-state index is 0.600. The summed E-state index contributed by atoms with van der Waals surface area (Å²) in [5, 5.41) is 8.47. The smallest absolute Gasteiger partial charge is 0.422 e. The fourth-order valence-electron chi connectivity index (χ4n) is 0.965. The molecule has 0 saturated heterocycles. The number of halogens is 3. The van der Waals surface area contributed by atoms with Crippen molar-refractivity contribution in [1.29, 1.82) is 0 Å². The molecule has 1 aromatic rings. The van der Waals surface area contributed by atoms with Crippen molar-refractivity contribution < 1.29 is 23.1 Å². The molecule has 0 aliphatic heterocycles. The highest BCUT2D eigenvalue weighted by molar-refractivity contribution is 5.81. The third-order valence-electron chi connectivity index (χ3n) is 1.81. The number of nitrogens with one attached hydrogen (secondary N) is 1. The molecule has 0 fully saturated rings. The molecule has 0 radical (unpaired) electrons. The minimum atomic E-state index is -5.05. The fraction of sp³-hybridized carbons (Fsp3) is 0.286. The third kappa shape index (κ3) is 1.35. The lowest BCUT2D eigenvalue weighted by Crippen LogP contribution is -2.56. The van der Waals surface area contributed by atoms with Gasteiger partial charge in [-0.2, -0.15) is 13.2 Å². The van der Waals surface area contributed by atoms with Crippen LogP contribution in [0, 0.1) is 0 Å². The number of aromatic nitrogens is 1. The van der Waals surface area contributed by atoms with Crippen LogP contribution in [0.1, 0.15) is 5.69 Å². The van der Waals surface area contributed by atoms with E-state index in [1.807, 2.05) is 0 Å². The van der Waals surface area contributed by atoms with Gasteiger partial charge < -0.3 is 15.8 Å².